The quantitative estimate of drug-likeness (QED) is 0.384. The number of fused-ring (bicyclic) bond motifs is 1. The van der Waals surface area contributed by atoms with Crippen molar-refractivity contribution in [2.75, 3.05) is 5.73 Å². The van der Waals surface area contributed by atoms with Gasteiger partial charge in [0.1, 0.15) is 5.65 Å². The molecular formula is C25H23N7. The van der Waals surface area contributed by atoms with E-state index in [4.69, 9.17) is 10.7 Å². The van der Waals surface area contributed by atoms with Crippen LogP contribution in [0.25, 0.3) is 33.4 Å². The summed E-state index contributed by atoms with van der Waals surface area (Å²) < 4.78 is 0. The first-order chi connectivity index (χ1) is 15.7. The monoisotopic (exact) mass is 421 g/mol. The second-order valence-electron chi connectivity index (χ2n) is 8.46. The number of H-pyrrole nitrogens is 2. The van der Waals surface area contributed by atoms with E-state index >= 15 is 0 Å². The van der Waals surface area contributed by atoms with Gasteiger partial charge < -0.3 is 10.7 Å². The number of nitrogens with one attached hydrogen (secondary N) is 2. The van der Waals surface area contributed by atoms with E-state index in [9.17, 15) is 0 Å². The highest BCUT2D eigenvalue weighted by molar-refractivity contribution is 5.95. The van der Waals surface area contributed by atoms with E-state index in [2.05, 4.69) is 67.6 Å². The fourth-order valence-corrected chi connectivity index (χ4v) is 5.06. The van der Waals surface area contributed by atoms with Crippen LogP contribution in [0.5, 0.6) is 0 Å². The summed E-state index contributed by atoms with van der Waals surface area (Å²) in [4.78, 5) is 17.2. The second kappa shape index (κ2) is 7.30. The highest BCUT2D eigenvalue weighted by atomic mass is 15.1. The van der Waals surface area contributed by atoms with Crippen LogP contribution in [-0.2, 0) is 5.41 Å². The molecular weight excluding hydrogens is 398 g/mol. The number of pyridine rings is 1. The average molecular weight is 422 g/mol. The van der Waals surface area contributed by atoms with Crippen molar-refractivity contribution in [2.24, 2.45) is 0 Å². The van der Waals surface area contributed by atoms with Crippen LogP contribution in [0.2, 0.25) is 0 Å². The van der Waals surface area contributed by atoms with Crippen molar-refractivity contribution in [2.45, 2.75) is 31.1 Å². The van der Waals surface area contributed by atoms with Gasteiger partial charge in [-0.1, -0.05) is 43.2 Å². The summed E-state index contributed by atoms with van der Waals surface area (Å²) in [5.74, 6) is 0.299. The number of nitrogens with zero attached hydrogens (tertiary/aromatic N) is 4. The molecule has 4 aromatic heterocycles. The molecule has 4 N–H and O–H groups in total. The molecule has 1 fully saturated rings. The van der Waals surface area contributed by atoms with Gasteiger partial charge in [0.2, 0.25) is 5.95 Å². The highest BCUT2D eigenvalue weighted by Gasteiger charge is 2.39. The zero-order valence-electron chi connectivity index (χ0n) is 17.5. The van der Waals surface area contributed by atoms with E-state index < -0.39 is 0 Å². The molecule has 0 saturated heterocycles. The van der Waals surface area contributed by atoms with Crippen LogP contribution in [0, 0.1) is 0 Å². The van der Waals surface area contributed by atoms with Crippen LogP contribution in [0.4, 0.5) is 5.95 Å². The minimum Gasteiger partial charge on any atom is -0.368 e. The molecule has 1 aromatic carbocycles. The molecule has 4 heterocycles. The van der Waals surface area contributed by atoms with E-state index in [0.717, 1.165) is 52.0 Å². The molecule has 0 amide bonds. The SMILES string of the molecule is Nc1nc(-c2c[nH]c3ncc(-c4cn[nH]c4)cc23)cc(C2(c3ccccc3)CCCC2)n1. The molecule has 0 spiro atoms. The Labute approximate surface area is 185 Å². The third-order valence-corrected chi connectivity index (χ3v) is 6.66. The first kappa shape index (κ1) is 18.7. The molecule has 158 valence electrons. The Bertz CT molecular complexity index is 1380. The van der Waals surface area contributed by atoms with Gasteiger partial charge in [0, 0.05) is 46.1 Å². The normalized spacial score (nSPS) is 15.4. The van der Waals surface area contributed by atoms with Crippen molar-refractivity contribution in [3.05, 3.63) is 78.5 Å². The van der Waals surface area contributed by atoms with Crippen LogP contribution >= 0.6 is 0 Å². The molecule has 7 heteroatoms. The Morgan fingerprint density at radius 1 is 0.906 bits per heavy atom. The highest BCUT2D eigenvalue weighted by Crippen LogP contribution is 2.46. The van der Waals surface area contributed by atoms with Crippen LogP contribution in [-0.4, -0.2) is 30.1 Å². The molecule has 0 aliphatic heterocycles. The van der Waals surface area contributed by atoms with E-state index in [1.807, 2.05) is 18.6 Å². The van der Waals surface area contributed by atoms with Crippen molar-refractivity contribution < 1.29 is 0 Å². The van der Waals surface area contributed by atoms with Gasteiger partial charge in [-0.15, -0.1) is 0 Å². The lowest BCUT2D eigenvalue weighted by Gasteiger charge is -2.29. The predicted molar refractivity (Wildman–Crippen MR) is 125 cm³/mol. The first-order valence-corrected chi connectivity index (χ1v) is 10.9. The van der Waals surface area contributed by atoms with Crippen molar-refractivity contribution >= 4 is 17.0 Å². The Morgan fingerprint density at radius 3 is 2.53 bits per heavy atom. The molecule has 6 rings (SSSR count). The van der Waals surface area contributed by atoms with Gasteiger partial charge in [-0.2, -0.15) is 5.10 Å². The van der Waals surface area contributed by atoms with E-state index in [0.29, 0.717) is 5.95 Å². The number of aromatic nitrogens is 6. The van der Waals surface area contributed by atoms with Gasteiger partial charge in [0.05, 0.1) is 17.6 Å². The van der Waals surface area contributed by atoms with Crippen LogP contribution in [0.1, 0.15) is 36.9 Å². The van der Waals surface area contributed by atoms with E-state index in [1.165, 1.54) is 18.4 Å². The molecule has 7 nitrogen and oxygen atoms in total. The van der Waals surface area contributed by atoms with Crippen molar-refractivity contribution in [1.82, 2.24) is 30.1 Å². The number of anilines is 1. The first-order valence-electron chi connectivity index (χ1n) is 10.9. The Hall–Kier alpha value is -4.00. The average Bonchev–Trinajstić information content (AvgIpc) is 3.60. The Balaban J connectivity index is 1.51. The van der Waals surface area contributed by atoms with E-state index in [1.54, 1.807) is 6.20 Å². The van der Waals surface area contributed by atoms with Gasteiger partial charge in [0.25, 0.3) is 0 Å². The van der Waals surface area contributed by atoms with Gasteiger partial charge in [0.15, 0.2) is 0 Å². The molecule has 1 aliphatic carbocycles. The molecule has 1 saturated carbocycles. The summed E-state index contributed by atoms with van der Waals surface area (Å²) in [5, 5.41) is 7.91. The van der Waals surface area contributed by atoms with Gasteiger partial charge in [-0.05, 0) is 30.5 Å². The van der Waals surface area contributed by atoms with Crippen molar-refractivity contribution in [3.63, 3.8) is 0 Å². The Morgan fingerprint density at radius 2 is 1.75 bits per heavy atom. The number of aromatic amines is 2. The van der Waals surface area contributed by atoms with Crippen LogP contribution in [0.15, 0.2) is 67.3 Å². The minimum atomic E-state index is -0.126. The number of nitrogen functional groups attached to an aromatic ring is 1. The second-order valence-corrected chi connectivity index (χ2v) is 8.46. The lowest BCUT2D eigenvalue weighted by atomic mass is 9.75. The lowest BCUT2D eigenvalue weighted by molar-refractivity contribution is 0.518. The lowest BCUT2D eigenvalue weighted by Crippen LogP contribution is -2.26. The maximum absolute atomic E-state index is 6.26. The number of nitrogens with two attached hydrogens (primary N) is 1. The molecule has 0 atom stereocenters. The largest absolute Gasteiger partial charge is 0.368 e. The van der Waals surface area contributed by atoms with Gasteiger partial charge >= 0.3 is 0 Å². The number of benzene rings is 1. The number of rotatable bonds is 4. The van der Waals surface area contributed by atoms with Crippen LogP contribution < -0.4 is 5.73 Å². The summed E-state index contributed by atoms with van der Waals surface area (Å²) in [6.45, 7) is 0. The third-order valence-electron chi connectivity index (χ3n) is 6.66. The molecule has 5 aromatic rings. The maximum Gasteiger partial charge on any atom is 0.220 e. The third kappa shape index (κ3) is 2.97. The maximum atomic E-state index is 6.26. The van der Waals surface area contributed by atoms with Crippen molar-refractivity contribution in [1.29, 1.82) is 0 Å². The molecule has 0 unspecified atom stereocenters. The van der Waals surface area contributed by atoms with Gasteiger partial charge in [-0.3, -0.25) is 5.10 Å². The summed E-state index contributed by atoms with van der Waals surface area (Å²) in [5.41, 5.74) is 13.0. The zero-order valence-corrected chi connectivity index (χ0v) is 17.5. The minimum absolute atomic E-state index is 0.126. The smallest absolute Gasteiger partial charge is 0.220 e. The molecule has 1 aliphatic rings. The fraction of sp³-hybridized carbons (Fsp3) is 0.200. The van der Waals surface area contributed by atoms with E-state index in [-0.39, 0.29) is 5.41 Å². The molecule has 32 heavy (non-hydrogen) atoms. The molecule has 0 radical (unpaired) electrons. The van der Waals surface area contributed by atoms with Gasteiger partial charge in [-0.25, -0.2) is 15.0 Å². The predicted octanol–water partition coefficient (Wildman–Crippen LogP) is 4.85. The number of hydrogen-bond acceptors (Lipinski definition) is 5. The summed E-state index contributed by atoms with van der Waals surface area (Å²) in [7, 11) is 0. The fourth-order valence-electron chi connectivity index (χ4n) is 5.06. The molecule has 0 bridgehead atoms. The van der Waals surface area contributed by atoms with Crippen LogP contribution in [0.3, 0.4) is 0 Å². The topological polar surface area (TPSA) is 109 Å². The summed E-state index contributed by atoms with van der Waals surface area (Å²) >= 11 is 0. The Kier molecular flexibility index (Phi) is 4.28. The number of hydrogen-bond donors (Lipinski definition) is 3. The summed E-state index contributed by atoms with van der Waals surface area (Å²) in [6, 6.07) is 14.9. The zero-order chi connectivity index (χ0) is 21.5. The van der Waals surface area contributed by atoms with Crippen molar-refractivity contribution in [3.8, 4) is 22.4 Å². The standard InChI is InChI=1S/C25H23N7/c26-24-31-21(11-22(32-24)25(8-4-5-9-25)18-6-2-1-3-7-18)20-15-28-23-19(20)10-16(12-27-23)17-13-29-30-14-17/h1-3,6-7,10-15H,4-5,8-9H2,(H,27,28)(H,29,30)(H2,26,31,32). The summed E-state index contributed by atoms with van der Waals surface area (Å²) in [6.07, 6.45) is 11.9.